The van der Waals surface area contributed by atoms with Crippen LogP contribution in [0.15, 0.2) is 0 Å². The van der Waals surface area contributed by atoms with Crippen LogP contribution in [0.5, 0.6) is 0 Å². The number of halogens is 2. The normalized spacial score (nSPS) is 9.40. The molecule has 0 atom stereocenters. The first-order valence-electron chi connectivity index (χ1n) is 2.39. The molecule has 0 aliphatic heterocycles. The third-order valence-electron chi connectivity index (χ3n) is 0.828. The summed E-state index contributed by atoms with van der Waals surface area (Å²) in [6, 6.07) is 0. The van der Waals surface area contributed by atoms with E-state index in [9.17, 15) is 8.42 Å². The molecule has 0 spiro atoms. The van der Waals surface area contributed by atoms with E-state index in [0.717, 1.165) is 0 Å². The van der Waals surface area contributed by atoms with Crippen molar-refractivity contribution in [3.63, 3.8) is 0 Å². The largest absolute Gasteiger partial charge is 0.344 e. The van der Waals surface area contributed by atoms with E-state index in [1.165, 1.54) is 0 Å². The van der Waals surface area contributed by atoms with Gasteiger partial charge >= 0.3 is 0 Å². The number of alkyl halides is 1. The lowest BCUT2D eigenvalue weighted by atomic mass is 11.0. The monoisotopic (exact) mass is 209 g/mol. The number of hydrogen-bond donors (Lipinski definition) is 1. The molecular weight excluding hydrogens is 197 g/mol. The van der Waals surface area contributed by atoms with E-state index < -0.39 is 9.84 Å². The standard InChI is InChI=1S/C4H9ClO2S.ClH.H3N/c1-2-8(6,7)4-3-5;;/h2-4H2,1H3;1H;1H3. The second-order valence-corrected chi connectivity index (χ2v) is 4.28. The lowest BCUT2D eigenvalue weighted by molar-refractivity contribution is 0.598. The maximum atomic E-state index is 10.5. The molecule has 0 aliphatic rings. The van der Waals surface area contributed by atoms with E-state index in [-0.39, 0.29) is 35.9 Å². The summed E-state index contributed by atoms with van der Waals surface area (Å²) in [5.41, 5.74) is 0. The summed E-state index contributed by atoms with van der Waals surface area (Å²) in [4.78, 5) is 0. The van der Waals surface area contributed by atoms with Crippen molar-refractivity contribution in [2.75, 3.05) is 17.4 Å². The van der Waals surface area contributed by atoms with E-state index in [1.807, 2.05) is 0 Å². The molecule has 0 fully saturated rings. The molecule has 0 bridgehead atoms. The Balaban J connectivity index is -0.000000245. The summed E-state index contributed by atoms with van der Waals surface area (Å²) in [6.45, 7) is 1.61. The third-order valence-corrected chi connectivity index (χ3v) is 2.95. The first-order valence-corrected chi connectivity index (χ1v) is 4.74. The highest BCUT2D eigenvalue weighted by Crippen LogP contribution is 1.89. The van der Waals surface area contributed by atoms with E-state index >= 15 is 0 Å². The van der Waals surface area contributed by atoms with Gasteiger partial charge in [-0.05, 0) is 0 Å². The first-order chi connectivity index (χ1) is 3.62. The smallest absolute Gasteiger partial charge is 0.151 e. The first kappa shape index (κ1) is 16.8. The van der Waals surface area contributed by atoms with E-state index in [4.69, 9.17) is 11.6 Å². The topological polar surface area (TPSA) is 69.1 Å². The van der Waals surface area contributed by atoms with Gasteiger partial charge in [-0.2, -0.15) is 0 Å². The zero-order valence-electron chi connectivity index (χ0n) is 5.84. The maximum absolute atomic E-state index is 10.5. The molecule has 0 aromatic rings. The number of hydrogen-bond acceptors (Lipinski definition) is 3. The van der Waals surface area contributed by atoms with Gasteiger partial charge in [0.2, 0.25) is 0 Å². The summed E-state index contributed by atoms with van der Waals surface area (Å²) in [6.07, 6.45) is 0. The van der Waals surface area contributed by atoms with Gasteiger partial charge < -0.3 is 6.15 Å². The Labute approximate surface area is 73.1 Å². The van der Waals surface area contributed by atoms with Crippen molar-refractivity contribution >= 4 is 33.8 Å². The summed E-state index contributed by atoms with van der Waals surface area (Å²) >= 11 is 5.19. The molecule has 10 heavy (non-hydrogen) atoms. The lowest BCUT2D eigenvalue weighted by Crippen LogP contribution is -2.08. The van der Waals surface area contributed by atoms with E-state index in [0.29, 0.717) is 0 Å². The predicted molar refractivity (Wildman–Crippen MR) is 47.3 cm³/mol. The number of rotatable bonds is 3. The van der Waals surface area contributed by atoms with Crippen molar-refractivity contribution in [1.29, 1.82) is 0 Å². The van der Waals surface area contributed by atoms with Crippen LogP contribution in [0.4, 0.5) is 0 Å². The lowest BCUT2D eigenvalue weighted by Gasteiger charge is -1.92. The van der Waals surface area contributed by atoms with Crippen LogP contribution in [0.3, 0.4) is 0 Å². The van der Waals surface area contributed by atoms with Crippen LogP contribution >= 0.6 is 24.0 Å². The van der Waals surface area contributed by atoms with Gasteiger partial charge in [-0.1, -0.05) is 6.92 Å². The van der Waals surface area contributed by atoms with Crippen LogP contribution in [0.1, 0.15) is 6.92 Å². The van der Waals surface area contributed by atoms with Crippen LogP contribution in [0, 0.1) is 0 Å². The minimum atomic E-state index is -2.80. The van der Waals surface area contributed by atoms with Gasteiger partial charge in [0.25, 0.3) is 0 Å². The molecule has 0 aromatic carbocycles. The summed E-state index contributed by atoms with van der Waals surface area (Å²) in [7, 11) is -2.80. The van der Waals surface area contributed by atoms with Gasteiger partial charge in [0, 0.05) is 11.6 Å². The predicted octanol–water partition coefficient (Wildman–Crippen LogP) is 1.24. The Morgan fingerprint density at radius 2 is 1.80 bits per heavy atom. The molecule has 0 radical (unpaired) electrons. The minimum Gasteiger partial charge on any atom is -0.344 e. The summed E-state index contributed by atoms with van der Waals surface area (Å²) < 4.78 is 21.0. The second kappa shape index (κ2) is 7.60. The SMILES string of the molecule is CCS(=O)(=O)CCCl.Cl.N. The van der Waals surface area contributed by atoms with Crippen LogP contribution in [0.2, 0.25) is 0 Å². The molecule has 6 heteroatoms. The summed E-state index contributed by atoms with van der Waals surface area (Å²) in [5, 5.41) is 0. The molecule has 0 heterocycles. The van der Waals surface area contributed by atoms with Gasteiger partial charge in [-0.25, -0.2) is 8.42 Å². The van der Waals surface area contributed by atoms with Gasteiger partial charge in [-0.3, -0.25) is 0 Å². The highest BCUT2D eigenvalue weighted by atomic mass is 35.5. The third kappa shape index (κ3) is 8.49. The number of sulfone groups is 1. The average Bonchev–Trinajstić information content (AvgIpc) is 1.67. The Bertz CT molecular complexity index is 145. The quantitative estimate of drug-likeness (QED) is 0.712. The molecular formula is C4H13Cl2NO2S. The molecule has 0 aliphatic carbocycles. The Morgan fingerprint density at radius 1 is 1.40 bits per heavy atom. The Kier molecular flexibility index (Phi) is 12.8. The van der Waals surface area contributed by atoms with Gasteiger partial charge in [0.05, 0.1) is 5.75 Å². The maximum Gasteiger partial charge on any atom is 0.151 e. The fourth-order valence-electron chi connectivity index (χ4n) is 0.262. The van der Waals surface area contributed by atoms with Gasteiger partial charge in [0.15, 0.2) is 9.84 Å². The molecule has 0 saturated heterocycles. The minimum absolute atomic E-state index is 0. The van der Waals surface area contributed by atoms with E-state index in [2.05, 4.69) is 0 Å². The molecule has 0 amide bonds. The van der Waals surface area contributed by atoms with Gasteiger partial charge in [-0.15, -0.1) is 24.0 Å². The van der Waals surface area contributed by atoms with Crippen molar-refractivity contribution in [3.05, 3.63) is 0 Å². The van der Waals surface area contributed by atoms with Gasteiger partial charge in [0.1, 0.15) is 0 Å². The van der Waals surface area contributed by atoms with Crippen molar-refractivity contribution in [2.45, 2.75) is 6.92 Å². The average molecular weight is 210 g/mol. The second-order valence-electron chi connectivity index (χ2n) is 1.43. The fraction of sp³-hybridized carbons (Fsp3) is 1.00. The van der Waals surface area contributed by atoms with Crippen molar-refractivity contribution in [2.24, 2.45) is 0 Å². The molecule has 0 rings (SSSR count). The van der Waals surface area contributed by atoms with Crippen LogP contribution in [-0.4, -0.2) is 25.8 Å². The van der Waals surface area contributed by atoms with Crippen LogP contribution < -0.4 is 6.15 Å². The Hall–Kier alpha value is 0.490. The highest BCUT2D eigenvalue weighted by Gasteiger charge is 2.03. The van der Waals surface area contributed by atoms with Crippen LogP contribution in [0.25, 0.3) is 0 Å². The molecule has 0 unspecified atom stereocenters. The summed E-state index contributed by atoms with van der Waals surface area (Å²) in [5.74, 6) is 0.501. The molecule has 3 nitrogen and oxygen atoms in total. The van der Waals surface area contributed by atoms with Crippen molar-refractivity contribution in [3.8, 4) is 0 Å². The highest BCUT2D eigenvalue weighted by molar-refractivity contribution is 7.91. The van der Waals surface area contributed by atoms with Crippen molar-refractivity contribution < 1.29 is 8.42 Å². The zero-order valence-corrected chi connectivity index (χ0v) is 8.23. The fourth-order valence-corrected chi connectivity index (χ4v) is 1.49. The molecule has 66 valence electrons. The Morgan fingerprint density at radius 3 is 1.90 bits per heavy atom. The van der Waals surface area contributed by atoms with Crippen LogP contribution in [-0.2, 0) is 9.84 Å². The van der Waals surface area contributed by atoms with E-state index in [1.54, 1.807) is 6.92 Å². The molecule has 0 aromatic heterocycles. The van der Waals surface area contributed by atoms with Crippen molar-refractivity contribution in [1.82, 2.24) is 6.15 Å². The molecule has 3 N–H and O–H groups in total. The molecule has 0 saturated carbocycles. The zero-order chi connectivity index (χ0) is 6.62.